The van der Waals surface area contributed by atoms with Gasteiger partial charge in [-0.15, -0.1) is 24.0 Å². The summed E-state index contributed by atoms with van der Waals surface area (Å²) in [5.74, 6) is 0.857. The summed E-state index contributed by atoms with van der Waals surface area (Å²) in [4.78, 5) is 4.25. The van der Waals surface area contributed by atoms with Gasteiger partial charge in [0.25, 0.3) is 0 Å². The first kappa shape index (κ1) is 18.5. The Balaban J connectivity index is 0.00000242. The minimum atomic E-state index is 0. The van der Waals surface area contributed by atoms with E-state index in [0.717, 1.165) is 32.0 Å². The lowest BCUT2D eigenvalue weighted by Gasteiger charge is -2.13. The highest BCUT2D eigenvalue weighted by Crippen LogP contribution is 2.06. The number of aliphatic imine (C=N–C) groups is 1. The first-order chi connectivity index (χ1) is 10.3. The zero-order valence-corrected chi connectivity index (χ0v) is 15.6. The maximum absolute atomic E-state index is 4.25. The van der Waals surface area contributed by atoms with E-state index >= 15 is 0 Å². The topological polar surface area (TPSA) is 41.4 Å². The first-order valence-electron chi connectivity index (χ1n) is 7.39. The van der Waals surface area contributed by atoms with Crippen molar-refractivity contribution in [2.45, 2.75) is 19.9 Å². The van der Waals surface area contributed by atoms with E-state index in [0.29, 0.717) is 0 Å². The highest BCUT2D eigenvalue weighted by Gasteiger charge is 1.99. The molecule has 4 nitrogen and oxygen atoms in total. The summed E-state index contributed by atoms with van der Waals surface area (Å²) in [6.45, 7) is 4.83. The number of rotatable bonds is 6. The second-order valence-corrected chi connectivity index (χ2v) is 5.02. The predicted molar refractivity (Wildman–Crippen MR) is 104 cm³/mol. The molecule has 1 aromatic carbocycles. The first-order valence-corrected chi connectivity index (χ1v) is 7.39. The molecule has 120 valence electrons. The maximum Gasteiger partial charge on any atom is 0.191 e. The standard InChI is InChI=1S/C17H24N4.HI/c1-15-7-3-4-8-16(15)9-10-19-17(18-2)20-11-14-21-12-5-6-13-21;/h3-8,12-13H,9-11,14H2,1-2H3,(H2,18,19,20);1H. The van der Waals surface area contributed by atoms with Gasteiger partial charge < -0.3 is 15.2 Å². The second kappa shape index (κ2) is 10.3. The Labute approximate surface area is 150 Å². The SMILES string of the molecule is CN=C(NCCc1ccccc1C)NCCn1cccc1.I. The van der Waals surface area contributed by atoms with Crippen LogP contribution in [0.15, 0.2) is 53.8 Å². The number of hydrogen-bond donors (Lipinski definition) is 2. The van der Waals surface area contributed by atoms with Gasteiger partial charge in [0.1, 0.15) is 0 Å². The molecule has 0 unspecified atom stereocenters. The molecule has 0 saturated heterocycles. The Morgan fingerprint density at radius 1 is 1.05 bits per heavy atom. The lowest BCUT2D eigenvalue weighted by Crippen LogP contribution is -2.39. The monoisotopic (exact) mass is 412 g/mol. The van der Waals surface area contributed by atoms with Crippen molar-refractivity contribution in [2.24, 2.45) is 4.99 Å². The number of benzene rings is 1. The third kappa shape index (κ3) is 6.09. The maximum atomic E-state index is 4.25. The average Bonchev–Trinajstić information content (AvgIpc) is 3.01. The van der Waals surface area contributed by atoms with Crippen LogP contribution in [0.25, 0.3) is 0 Å². The summed E-state index contributed by atoms with van der Waals surface area (Å²) in [5.41, 5.74) is 2.72. The number of hydrogen-bond acceptors (Lipinski definition) is 1. The quantitative estimate of drug-likeness (QED) is 0.435. The molecule has 0 amide bonds. The molecule has 22 heavy (non-hydrogen) atoms. The van der Waals surface area contributed by atoms with Crippen molar-refractivity contribution in [3.05, 3.63) is 59.9 Å². The molecule has 0 aliphatic carbocycles. The molecule has 2 N–H and O–H groups in total. The van der Waals surface area contributed by atoms with Crippen molar-refractivity contribution < 1.29 is 0 Å². The van der Waals surface area contributed by atoms with Crippen LogP contribution in [0.2, 0.25) is 0 Å². The van der Waals surface area contributed by atoms with Crippen LogP contribution in [-0.4, -0.2) is 30.7 Å². The number of nitrogens with zero attached hydrogens (tertiary/aromatic N) is 2. The molecule has 5 heteroatoms. The van der Waals surface area contributed by atoms with E-state index in [1.807, 2.05) is 12.1 Å². The van der Waals surface area contributed by atoms with Gasteiger partial charge in [-0.3, -0.25) is 4.99 Å². The van der Waals surface area contributed by atoms with Gasteiger partial charge in [-0.2, -0.15) is 0 Å². The molecule has 2 aromatic rings. The molecule has 1 aromatic heterocycles. The zero-order valence-electron chi connectivity index (χ0n) is 13.2. The molecule has 0 radical (unpaired) electrons. The van der Waals surface area contributed by atoms with Crippen LogP contribution < -0.4 is 10.6 Å². The van der Waals surface area contributed by atoms with Gasteiger partial charge in [0.05, 0.1) is 0 Å². The van der Waals surface area contributed by atoms with E-state index in [9.17, 15) is 0 Å². The highest BCUT2D eigenvalue weighted by molar-refractivity contribution is 14.0. The van der Waals surface area contributed by atoms with Gasteiger partial charge in [-0.1, -0.05) is 24.3 Å². The molecule has 0 aliphatic heterocycles. The summed E-state index contributed by atoms with van der Waals surface area (Å²) in [5, 5.41) is 6.68. The number of guanidine groups is 1. The third-order valence-corrected chi connectivity index (χ3v) is 3.50. The van der Waals surface area contributed by atoms with Crippen LogP contribution in [0.3, 0.4) is 0 Å². The van der Waals surface area contributed by atoms with Gasteiger partial charge in [-0.25, -0.2) is 0 Å². The Bertz CT molecular complexity index is 564. The molecule has 2 rings (SSSR count). The average molecular weight is 412 g/mol. The molecule has 0 fully saturated rings. The molecule has 1 heterocycles. The minimum Gasteiger partial charge on any atom is -0.356 e. The number of halogens is 1. The normalized spacial score (nSPS) is 10.9. The molecule has 0 bridgehead atoms. The fraction of sp³-hybridized carbons (Fsp3) is 0.353. The fourth-order valence-electron chi connectivity index (χ4n) is 2.25. The summed E-state index contributed by atoms with van der Waals surface area (Å²) < 4.78 is 2.15. The van der Waals surface area contributed by atoms with E-state index in [-0.39, 0.29) is 24.0 Å². The van der Waals surface area contributed by atoms with Crippen LogP contribution in [0.1, 0.15) is 11.1 Å². The van der Waals surface area contributed by atoms with Gasteiger partial charge in [-0.05, 0) is 36.6 Å². The predicted octanol–water partition coefficient (Wildman–Crippen LogP) is 2.82. The smallest absolute Gasteiger partial charge is 0.191 e. The Kier molecular flexibility index (Phi) is 8.65. The largest absolute Gasteiger partial charge is 0.356 e. The molecule has 0 atom stereocenters. The molecule has 0 aliphatic rings. The van der Waals surface area contributed by atoms with E-state index < -0.39 is 0 Å². The van der Waals surface area contributed by atoms with Gasteiger partial charge >= 0.3 is 0 Å². The highest BCUT2D eigenvalue weighted by atomic mass is 127. The number of nitrogens with one attached hydrogen (secondary N) is 2. The molecule has 0 saturated carbocycles. The van der Waals surface area contributed by atoms with Crippen molar-refractivity contribution in [1.29, 1.82) is 0 Å². The summed E-state index contributed by atoms with van der Waals surface area (Å²) in [6.07, 6.45) is 5.14. The second-order valence-electron chi connectivity index (χ2n) is 5.02. The molecular weight excluding hydrogens is 387 g/mol. The van der Waals surface area contributed by atoms with Crippen LogP contribution >= 0.6 is 24.0 Å². The number of aromatic nitrogens is 1. The van der Waals surface area contributed by atoms with Crippen molar-refractivity contribution in [2.75, 3.05) is 20.1 Å². The fourth-order valence-corrected chi connectivity index (χ4v) is 2.25. The zero-order chi connectivity index (χ0) is 14.9. The molecular formula is C17H25IN4. The van der Waals surface area contributed by atoms with Gasteiger partial charge in [0.2, 0.25) is 0 Å². The van der Waals surface area contributed by atoms with E-state index in [4.69, 9.17) is 0 Å². The van der Waals surface area contributed by atoms with E-state index in [1.54, 1.807) is 7.05 Å². The number of aryl methyl sites for hydroxylation is 1. The van der Waals surface area contributed by atoms with Crippen LogP contribution in [-0.2, 0) is 13.0 Å². The molecule has 0 spiro atoms. The summed E-state index contributed by atoms with van der Waals surface area (Å²) >= 11 is 0. The summed E-state index contributed by atoms with van der Waals surface area (Å²) in [6, 6.07) is 12.6. The van der Waals surface area contributed by atoms with E-state index in [1.165, 1.54) is 11.1 Å². The lowest BCUT2D eigenvalue weighted by atomic mass is 10.1. The van der Waals surface area contributed by atoms with Crippen molar-refractivity contribution in [3.8, 4) is 0 Å². The van der Waals surface area contributed by atoms with Crippen molar-refractivity contribution >= 4 is 29.9 Å². The van der Waals surface area contributed by atoms with Gasteiger partial charge in [0, 0.05) is 39.1 Å². The summed E-state index contributed by atoms with van der Waals surface area (Å²) in [7, 11) is 1.80. The Hall–Kier alpha value is -1.50. The van der Waals surface area contributed by atoms with Crippen molar-refractivity contribution in [3.63, 3.8) is 0 Å². The van der Waals surface area contributed by atoms with Crippen LogP contribution in [0.4, 0.5) is 0 Å². The van der Waals surface area contributed by atoms with Crippen LogP contribution in [0, 0.1) is 6.92 Å². The van der Waals surface area contributed by atoms with Crippen LogP contribution in [0.5, 0.6) is 0 Å². The Morgan fingerprint density at radius 2 is 1.73 bits per heavy atom. The minimum absolute atomic E-state index is 0. The lowest BCUT2D eigenvalue weighted by molar-refractivity contribution is 0.665. The van der Waals surface area contributed by atoms with Gasteiger partial charge in [0.15, 0.2) is 5.96 Å². The Morgan fingerprint density at radius 3 is 2.41 bits per heavy atom. The van der Waals surface area contributed by atoms with Crippen molar-refractivity contribution in [1.82, 2.24) is 15.2 Å². The third-order valence-electron chi connectivity index (χ3n) is 3.50. The van der Waals surface area contributed by atoms with E-state index in [2.05, 4.69) is 63.8 Å².